The molecule has 0 unspecified atom stereocenters. The fraction of sp³-hybridized carbons (Fsp3) is 0.214. The summed E-state index contributed by atoms with van der Waals surface area (Å²) in [6, 6.07) is 9.87. The Labute approximate surface area is 107 Å². The molecule has 2 heterocycles. The lowest BCUT2D eigenvalue weighted by Gasteiger charge is -2.16. The molecule has 0 aliphatic rings. The third kappa shape index (κ3) is 3.12. The van der Waals surface area contributed by atoms with Crippen LogP contribution in [0.15, 0.2) is 42.9 Å². The van der Waals surface area contributed by atoms with Gasteiger partial charge in [-0.2, -0.15) is 5.26 Å². The van der Waals surface area contributed by atoms with E-state index in [9.17, 15) is 0 Å². The lowest BCUT2D eigenvalue weighted by Crippen LogP contribution is -2.18. The van der Waals surface area contributed by atoms with Gasteiger partial charge in [0.25, 0.3) is 0 Å². The van der Waals surface area contributed by atoms with Gasteiger partial charge in [0.05, 0.1) is 0 Å². The van der Waals surface area contributed by atoms with Crippen molar-refractivity contribution in [1.29, 1.82) is 5.26 Å². The average Bonchev–Trinajstić information content (AvgIpc) is 2.40. The third-order valence-electron chi connectivity index (χ3n) is 2.61. The zero-order chi connectivity index (χ0) is 12.8. The van der Waals surface area contributed by atoms with E-state index in [1.54, 1.807) is 12.4 Å². The van der Waals surface area contributed by atoms with Crippen LogP contribution >= 0.6 is 0 Å². The van der Waals surface area contributed by atoms with Gasteiger partial charge in [-0.05, 0) is 24.7 Å². The summed E-state index contributed by atoms with van der Waals surface area (Å²) < 4.78 is 0. The number of nitrogens with zero attached hydrogens (tertiary/aromatic N) is 4. The molecule has 90 valence electrons. The van der Waals surface area contributed by atoms with Gasteiger partial charge in [-0.1, -0.05) is 12.1 Å². The molecule has 0 N–H and O–H groups in total. The van der Waals surface area contributed by atoms with E-state index in [1.807, 2.05) is 37.5 Å². The summed E-state index contributed by atoms with van der Waals surface area (Å²) in [6.07, 6.45) is 5.26. The van der Waals surface area contributed by atoms with Crippen molar-refractivity contribution in [3.63, 3.8) is 0 Å². The Morgan fingerprint density at radius 2 is 2.06 bits per heavy atom. The van der Waals surface area contributed by atoms with E-state index in [-0.39, 0.29) is 0 Å². The molecule has 0 atom stereocenters. The van der Waals surface area contributed by atoms with Crippen LogP contribution < -0.4 is 0 Å². The minimum absolute atomic E-state index is 0.496. The van der Waals surface area contributed by atoms with Crippen molar-refractivity contribution in [2.24, 2.45) is 0 Å². The van der Waals surface area contributed by atoms with Crippen LogP contribution in [0.3, 0.4) is 0 Å². The van der Waals surface area contributed by atoms with Gasteiger partial charge in [-0.3, -0.25) is 9.88 Å². The Morgan fingerprint density at radius 1 is 1.22 bits per heavy atom. The minimum atomic E-state index is 0.496. The van der Waals surface area contributed by atoms with Gasteiger partial charge in [-0.15, -0.1) is 0 Å². The summed E-state index contributed by atoms with van der Waals surface area (Å²) >= 11 is 0. The number of rotatable bonds is 4. The summed E-state index contributed by atoms with van der Waals surface area (Å²) in [5.41, 5.74) is 2.60. The second-order valence-corrected chi connectivity index (χ2v) is 4.16. The largest absolute Gasteiger partial charge is 0.298 e. The first-order valence-corrected chi connectivity index (χ1v) is 5.71. The Bertz CT molecular complexity index is 545. The van der Waals surface area contributed by atoms with E-state index < -0.39 is 0 Å². The lowest BCUT2D eigenvalue weighted by molar-refractivity contribution is 0.318. The van der Waals surface area contributed by atoms with Crippen LogP contribution in [-0.2, 0) is 13.1 Å². The molecule has 0 saturated carbocycles. The van der Waals surface area contributed by atoms with Gasteiger partial charge in [0.15, 0.2) is 0 Å². The standard InChI is InChI=1S/C14H14N4/c1-18(10-12-4-2-6-16-9-12)11-13-5-3-7-17-14(13)8-15/h2-7,9H,10-11H2,1H3. The molecular formula is C14H14N4. The fourth-order valence-electron chi connectivity index (χ4n) is 1.82. The molecule has 2 aromatic rings. The molecule has 2 rings (SSSR count). The van der Waals surface area contributed by atoms with Crippen LogP contribution in [-0.4, -0.2) is 21.9 Å². The Morgan fingerprint density at radius 3 is 2.78 bits per heavy atom. The second kappa shape index (κ2) is 5.89. The molecule has 2 aromatic heterocycles. The summed E-state index contributed by atoms with van der Waals surface area (Å²) in [4.78, 5) is 10.3. The van der Waals surface area contributed by atoms with Crippen LogP contribution in [0.2, 0.25) is 0 Å². The van der Waals surface area contributed by atoms with E-state index in [2.05, 4.69) is 20.9 Å². The zero-order valence-corrected chi connectivity index (χ0v) is 10.2. The SMILES string of the molecule is CN(Cc1cccnc1)Cc1cccnc1C#N. The first-order chi connectivity index (χ1) is 8.79. The molecule has 0 fully saturated rings. The average molecular weight is 238 g/mol. The maximum absolute atomic E-state index is 8.98. The third-order valence-corrected chi connectivity index (χ3v) is 2.61. The summed E-state index contributed by atoms with van der Waals surface area (Å²) in [6.45, 7) is 1.50. The molecular weight excluding hydrogens is 224 g/mol. The molecule has 18 heavy (non-hydrogen) atoms. The van der Waals surface area contributed by atoms with Crippen LogP contribution in [0.4, 0.5) is 0 Å². The highest BCUT2D eigenvalue weighted by Crippen LogP contribution is 2.09. The predicted molar refractivity (Wildman–Crippen MR) is 68.4 cm³/mol. The molecule has 0 radical (unpaired) electrons. The zero-order valence-electron chi connectivity index (χ0n) is 10.2. The lowest BCUT2D eigenvalue weighted by atomic mass is 10.2. The fourth-order valence-corrected chi connectivity index (χ4v) is 1.82. The van der Waals surface area contributed by atoms with E-state index in [0.717, 1.165) is 17.7 Å². The molecule has 4 nitrogen and oxygen atoms in total. The number of nitriles is 1. The highest BCUT2D eigenvalue weighted by atomic mass is 15.1. The molecule has 0 aliphatic heterocycles. The molecule has 0 bridgehead atoms. The van der Waals surface area contributed by atoms with Gasteiger partial charge in [-0.25, -0.2) is 4.98 Å². The number of hydrogen-bond acceptors (Lipinski definition) is 4. The number of pyridine rings is 2. The normalized spacial score (nSPS) is 10.3. The maximum Gasteiger partial charge on any atom is 0.144 e. The summed E-state index contributed by atoms with van der Waals surface area (Å²) in [5.74, 6) is 0. The summed E-state index contributed by atoms with van der Waals surface area (Å²) in [7, 11) is 2.02. The van der Waals surface area contributed by atoms with Crippen molar-refractivity contribution in [3.8, 4) is 6.07 Å². The first kappa shape index (κ1) is 12.2. The van der Waals surface area contributed by atoms with E-state index in [1.165, 1.54) is 0 Å². The van der Waals surface area contributed by atoms with Gasteiger partial charge >= 0.3 is 0 Å². The predicted octanol–water partition coefficient (Wildman–Crippen LogP) is 1.98. The maximum atomic E-state index is 8.98. The van der Waals surface area contributed by atoms with Crippen molar-refractivity contribution in [2.75, 3.05) is 7.05 Å². The van der Waals surface area contributed by atoms with Crippen molar-refractivity contribution in [3.05, 3.63) is 59.7 Å². The second-order valence-electron chi connectivity index (χ2n) is 4.16. The minimum Gasteiger partial charge on any atom is -0.298 e. The van der Waals surface area contributed by atoms with Gasteiger partial charge < -0.3 is 0 Å². The van der Waals surface area contributed by atoms with Crippen molar-refractivity contribution in [1.82, 2.24) is 14.9 Å². The number of aromatic nitrogens is 2. The van der Waals surface area contributed by atoms with Crippen LogP contribution in [0, 0.1) is 11.3 Å². The van der Waals surface area contributed by atoms with Gasteiger partial charge in [0.2, 0.25) is 0 Å². The quantitative estimate of drug-likeness (QED) is 0.817. The Hall–Kier alpha value is -2.25. The topological polar surface area (TPSA) is 52.8 Å². The molecule has 0 aromatic carbocycles. The highest BCUT2D eigenvalue weighted by Gasteiger charge is 2.06. The molecule has 0 spiro atoms. The van der Waals surface area contributed by atoms with Gasteiger partial charge in [0.1, 0.15) is 11.8 Å². The van der Waals surface area contributed by atoms with Crippen molar-refractivity contribution < 1.29 is 0 Å². The molecule has 4 heteroatoms. The van der Waals surface area contributed by atoms with E-state index in [0.29, 0.717) is 12.2 Å². The van der Waals surface area contributed by atoms with Crippen molar-refractivity contribution >= 4 is 0 Å². The van der Waals surface area contributed by atoms with Crippen LogP contribution in [0.1, 0.15) is 16.8 Å². The number of hydrogen-bond donors (Lipinski definition) is 0. The van der Waals surface area contributed by atoms with Gasteiger partial charge in [0, 0.05) is 37.2 Å². The Kier molecular flexibility index (Phi) is 4.00. The van der Waals surface area contributed by atoms with Crippen molar-refractivity contribution in [2.45, 2.75) is 13.1 Å². The highest BCUT2D eigenvalue weighted by molar-refractivity contribution is 5.30. The Balaban J connectivity index is 2.04. The van der Waals surface area contributed by atoms with Crippen LogP contribution in [0.5, 0.6) is 0 Å². The molecule has 0 amide bonds. The smallest absolute Gasteiger partial charge is 0.144 e. The summed E-state index contributed by atoms with van der Waals surface area (Å²) in [5, 5.41) is 8.98. The molecule has 0 saturated heterocycles. The van der Waals surface area contributed by atoms with Crippen LogP contribution in [0.25, 0.3) is 0 Å². The van der Waals surface area contributed by atoms with E-state index >= 15 is 0 Å². The first-order valence-electron chi connectivity index (χ1n) is 5.71. The molecule has 0 aliphatic carbocycles. The van der Waals surface area contributed by atoms with E-state index in [4.69, 9.17) is 5.26 Å². The monoisotopic (exact) mass is 238 g/mol.